The van der Waals surface area contributed by atoms with Crippen molar-refractivity contribution >= 4 is 16.8 Å². The molecule has 2 aliphatic rings. The summed E-state index contributed by atoms with van der Waals surface area (Å²) in [5, 5.41) is 1.15. The number of aryl methyl sites for hydroxylation is 3. The van der Waals surface area contributed by atoms with Crippen molar-refractivity contribution in [3.05, 3.63) is 69.9 Å². The van der Waals surface area contributed by atoms with Gasteiger partial charge in [0.25, 0.3) is 5.91 Å². The lowest BCUT2D eigenvalue weighted by atomic mass is 9.83. The van der Waals surface area contributed by atoms with E-state index >= 15 is 0 Å². The minimum absolute atomic E-state index is 0.104. The number of aromatic nitrogens is 1. The van der Waals surface area contributed by atoms with Crippen molar-refractivity contribution < 1.29 is 9.53 Å². The van der Waals surface area contributed by atoms with Crippen LogP contribution >= 0.6 is 0 Å². The van der Waals surface area contributed by atoms with Gasteiger partial charge in [0.2, 0.25) is 0 Å². The van der Waals surface area contributed by atoms with E-state index in [1.54, 1.807) is 0 Å². The molecule has 144 valence electrons. The van der Waals surface area contributed by atoms with Gasteiger partial charge in [-0.05, 0) is 61.4 Å². The molecule has 1 amide bonds. The number of hydrogen-bond acceptors (Lipinski definition) is 2. The molecule has 0 saturated carbocycles. The van der Waals surface area contributed by atoms with Crippen LogP contribution in [0.1, 0.15) is 51.1 Å². The molecule has 1 aromatic heterocycles. The van der Waals surface area contributed by atoms with Crippen LogP contribution in [0.15, 0.2) is 36.4 Å². The number of amides is 1. The standard InChI is InChI=1S/C24H26N2O2/c1-15-8-9-19-17(3)22(25-21(19)16(15)2)23(27)26-12-10-24(11-13-26)20-7-5-4-6-18(20)14-28-24/h4-9,25H,10-14H2,1-3H3. The van der Waals surface area contributed by atoms with Gasteiger partial charge in [-0.2, -0.15) is 0 Å². The van der Waals surface area contributed by atoms with Crippen molar-refractivity contribution in [1.82, 2.24) is 9.88 Å². The van der Waals surface area contributed by atoms with E-state index in [9.17, 15) is 4.79 Å². The van der Waals surface area contributed by atoms with E-state index in [1.807, 2.05) is 11.8 Å². The number of fused-ring (bicyclic) bond motifs is 3. The molecule has 0 atom stereocenters. The molecule has 1 spiro atoms. The first-order chi connectivity index (χ1) is 13.5. The molecule has 4 heteroatoms. The fourth-order valence-corrected chi connectivity index (χ4v) is 4.88. The van der Waals surface area contributed by atoms with Crippen molar-refractivity contribution in [2.45, 2.75) is 45.8 Å². The quantitative estimate of drug-likeness (QED) is 0.668. The van der Waals surface area contributed by atoms with E-state index in [2.05, 4.69) is 55.2 Å². The Kier molecular flexibility index (Phi) is 3.88. The molecule has 0 unspecified atom stereocenters. The minimum Gasteiger partial charge on any atom is -0.365 e. The van der Waals surface area contributed by atoms with E-state index in [-0.39, 0.29) is 11.5 Å². The number of hydrogen-bond donors (Lipinski definition) is 1. The summed E-state index contributed by atoms with van der Waals surface area (Å²) in [5.74, 6) is 0.104. The number of nitrogens with one attached hydrogen (secondary N) is 1. The molecule has 0 radical (unpaired) electrons. The highest BCUT2D eigenvalue weighted by Gasteiger charge is 2.43. The first-order valence-electron chi connectivity index (χ1n) is 10.1. The zero-order valence-corrected chi connectivity index (χ0v) is 16.8. The Morgan fingerprint density at radius 3 is 2.57 bits per heavy atom. The van der Waals surface area contributed by atoms with Gasteiger partial charge >= 0.3 is 0 Å². The molecule has 28 heavy (non-hydrogen) atoms. The van der Waals surface area contributed by atoms with Crippen LogP contribution in [0.2, 0.25) is 0 Å². The smallest absolute Gasteiger partial charge is 0.270 e. The second-order valence-electron chi connectivity index (χ2n) is 8.29. The molecule has 2 aromatic carbocycles. The predicted molar refractivity (Wildman–Crippen MR) is 111 cm³/mol. The lowest BCUT2D eigenvalue weighted by molar-refractivity contribution is -0.0742. The molecular weight excluding hydrogens is 348 g/mol. The van der Waals surface area contributed by atoms with Crippen LogP contribution in [-0.4, -0.2) is 28.9 Å². The third-order valence-electron chi connectivity index (χ3n) is 6.85. The molecule has 2 aliphatic heterocycles. The molecule has 0 aliphatic carbocycles. The van der Waals surface area contributed by atoms with Gasteiger partial charge < -0.3 is 14.6 Å². The Balaban J connectivity index is 1.41. The fourth-order valence-electron chi connectivity index (χ4n) is 4.88. The Morgan fingerprint density at radius 2 is 1.79 bits per heavy atom. The summed E-state index contributed by atoms with van der Waals surface area (Å²) in [4.78, 5) is 18.7. The summed E-state index contributed by atoms with van der Waals surface area (Å²) in [7, 11) is 0. The van der Waals surface area contributed by atoms with Crippen LogP contribution in [0, 0.1) is 20.8 Å². The highest BCUT2D eigenvalue weighted by molar-refractivity contribution is 6.01. The van der Waals surface area contributed by atoms with Gasteiger partial charge in [-0.1, -0.05) is 36.4 Å². The summed E-state index contributed by atoms with van der Waals surface area (Å²) >= 11 is 0. The number of nitrogens with zero attached hydrogens (tertiary/aromatic N) is 1. The van der Waals surface area contributed by atoms with Crippen molar-refractivity contribution in [3.63, 3.8) is 0 Å². The molecule has 5 rings (SSSR count). The molecule has 1 saturated heterocycles. The largest absolute Gasteiger partial charge is 0.365 e. The molecule has 1 fully saturated rings. The van der Waals surface area contributed by atoms with Crippen LogP contribution in [0.4, 0.5) is 0 Å². The monoisotopic (exact) mass is 374 g/mol. The third-order valence-corrected chi connectivity index (χ3v) is 6.85. The van der Waals surface area contributed by atoms with Gasteiger partial charge in [-0.25, -0.2) is 0 Å². The maximum Gasteiger partial charge on any atom is 0.270 e. The van der Waals surface area contributed by atoms with Gasteiger partial charge in [0.1, 0.15) is 5.69 Å². The number of likely N-dealkylation sites (tertiary alicyclic amines) is 1. The third kappa shape index (κ3) is 2.44. The number of aromatic amines is 1. The number of benzene rings is 2. The second-order valence-corrected chi connectivity index (χ2v) is 8.29. The van der Waals surface area contributed by atoms with Gasteiger partial charge in [-0.3, -0.25) is 4.79 Å². The lowest BCUT2D eigenvalue weighted by Crippen LogP contribution is -2.45. The van der Waals surface area contributed by atoms with Crippen molar-refractivity contribution in [2.75, 3.05) is 13.1 Å². The first-order valence-corrected chi connectivity index (χ1v) is 10.1. The Morgan fingerprint density at radius 1 is 1.04 bits per heavy atom. The minimum atomic E-state index is -0.212. The van der Waals surface area contributed by atoms with Gasteiger partial charge in [0, 0.05) is 24.0 Å². The van der Waals surface area contributed by atoms with E-state index in [0.717, 1.165) is 48.1 Å². The topological polar surface area (TPSA) is 45.3 Å². The molecule has 3 heterocycles. The number of piperidine rings is 1. The average Bonchev–Trinajstić information content (AvgIpc) is 3.24. The highest BCUT2D eigenvalue weighted by Crippen LogP contribution is 2.44. The number of ether oxygens (including phenoxy) is 1. The second kappa shape index (κ2) is 6.21. The summed E-state index contributed by atoms with van der Waals surface area (Å²) in [6.07, 6.45) is 1.71. The zero-order valence-electron chi connectivity index (χ0n) is 16.8. The van der Waals surface area contributed by atoms with Crippen LogP contribution in [-0.2, 0) is 16.9 Å². The molecule has 0 bridgehead atoms. The van der Waals surface area contributed by atoms with E-state index in [4.69, 9.17) is 4.74 Å². The number of rotatable bonds is 1. The Labute approximate surface area is 165 Å². The first kappa shape index (κ1) is 17.5. The zero-order chi connectivity index (χ0) is 19.5. The summed E-state index contributed by atoms with van der Waals surface area (Å²) in [6, 6.07) is 12.8. The van der Waals surface area contributed by atoms with E-state index in [1.165, 1.54) is 22.3 Å². The van der Waals surface area contributed by atoms with Crippen molar-refractivity contribution in [2.24, 2.45) is 0 Å². The average molecular weight is 374 g/mol. The predicted octanol–water partition coefficient (Wildman–Crippen LogP) is 4.75. The van der Waals surface area contributed by atoms with Gasteiger partial charge in [0.15, 0.2) is 0 Å². The summed E-state index contributed by atoms with van der Waals surface area (Å²) in [6.45, 7) is 8.39. The van der Waals surface area contributed by atoms with Crippen molar-refractivity contribution in [3.8, 4) is 0 Å². The number of carbonyl (C=O) groups excluding carboxylic acids is 1. The highest BCUT2D eigenvalue weighted by atomic mass is 16.5. The normalized spacial score (nSPS) is 18.0. The molecule has 3 aromatic rings. The summed E-state index contributed by atoms with van der Waals surface area (Å²) in [5.41, 5.74) is 7.71. The molecule has 4 nitrogen and oxygen atoms in total. The van der Waals surface area contributed by atoms with Crippen LogP contribution < -0.4 is 0 Å². The maximum atomic E-state index is 13.3. The number of carbonyl (C=O) groups is 1. The summed E-state index contributed by atoms with van der Waals surface area (Å²) < 4.78 is 6.24. The molecular formula is C24H26N2O2. The van der Waals surface area contributed by atoms with Crippen LogP contribution in [0.3, 0.4) is 0 Å². The van der Waals surface area contributed by atoms with Gasteiger partial charge in [0.05, 0.1) is 12.2 Å². The fraction of sp³-hybridized carbons (Fsp3) is 0.375. The van der Waals surface area contributed by atoms with Crippen molar-refractivity contribution in [1.29, 1.82) is 0 Å². The van der Waals surface area contributed by atoms with Crippen LogP contribution in [0.5, 0.6) is 0 Å². The lowest BCUT2D eigenvalue weighted by Gasteiger charge is -2.39. The van der Waals surface area contributed by atoms with E-state index < -0.39 is 0 Å². The maximum absolute atomic E-state index is 13.3. The number of H-pyrrole nitrogens is 1. The molecule has 1 N–H and O–H groups in total. The SMILES string of the molecule is Cc1ccc2c(C)c(C(=O)N3CCC4(CC3)OCc3ccccc34)[nH]c2c1C. The Hall–Kier alpha value is -2.59. The van der Waals surface area contributed by atoms with Crippen LogP contribution in [0.25, 0.3) is 10.9 Å². The Bertz CT molecular complexity index is 1090. The van der Waals surface area contributed by atoms with E-state index in [0.29, 0.717) is 6.61 Å². The van der Waals surface area contributed by atoms with Gasteiger partial charge in [-0.15, -0.1) is 0 Å².